The van der Waals surface area contributed by atoms with Crippen LogP contribution < -0.4 is 14.8 Å². The molecule has 3 rings (SSSR count). The van der Waals surface area contributed by atoms with E-state index in [1.54, 1.807) is 11.3 Å². The number of benzene rings is 1. The summed E-state index contributed by atoms with van der Waals surface area (Å²) in [6.07, 6.45) is 0.873. The average molecular weight is 344 g/mol. The first-order valence-corrected chi connectivity index (χ1v) is 8.32. The van der Waals surface area contributed by atoms with Gasteiger partial charge >= 0.3 is 0 Å². The molecule has 1 aromatic carbocycles. The number of thiophene rings is 1. The molecule has 0 aliphatic carbocycles. The van der Waals surface area contributed by atoms with Crippen molar-refractivity contribution in [3.8, 4) is 11.5 Å². The van der Waals surface area contributed by atoms with Crippen LogP contribution in [0.4, 0.5) is 0 Å². The van der Waals surface area contributed by atoms with Gasteiger partial charge in [-0.2, -0.15) is 0 Å². The lowest BCUT2D eigenvalue weighted by Gasteiger charge is -2.12. The fourth-order valence-electron chi connectivity index (χ4n) is 2.16. The number of ether oxygens (including phenoxy) is 2. The molecule has 1 N–H and O–H groups in total. The Morgan fingerprint density at radius 2 is 1.95 bits per heavy atom. The van der Waals surface area contributed by atoms with Gasteiger partial charge in [0.05, 0.1) is 22.6 Å². The highest BCUT2D eigenvalue weighted by Gasteiger charge is 2.15. The summed E-state index contributed by atoms with van der Waals surface area (Å²) in [6.45, 7) is 2.80. The van der Waals surface area contributed by atoms with E-state index in [-0.39, 0.29) is 0 Å². The van der Waals surface area contributed by atoms with E-state index in [4.69, 9.17) is 32.7 Å². The fraction of sp³-hybridized carbons (Fsp3) is 0.333. The van der Waals surface area contributed by atoms with Gasteiger partial charge in [-0.15, -0.1) is 11.3 Å². The van der Waals surface area contributed by atoms with Crippen molar-refractivity contribution in [1.82, 2.24) is 5.32 Å². The summed E-state index contributed by atoms with van der Waals surface area (Å²) in [5, 5.41) is 3.98. The van der Waals surface area contributed by atoms with E-state index < -0.39 is 0 Å². The van der Waals surface area contributed by atoms with E-state index in [1.165, 1.54) is 4.88 Å². The SMILES string of the molecule is Clc1ccc(CNCc2cc(Cl)c3c(c2)OCCCO3)s1. The zero-order chi connectivity index (χ0) is 14.7. The van der Waals surface area contributed by atoms with Crippen LogP contribution in [0, 0.1) is 0 Å². The van der Waals surface area contributed by atoms with Crippen LogP contribution in [0.1, 0.15) is 16.9 Å². The van der Waals surface area contributed by atoms with E-state index in [0.717, 1.165) is 28.6 Å². The lowest BCUT2D eigenvalue weighted by Crippen LogP contribution is -2.12. The topological polar surface area (TPSA) is 30.5 Å². The molecule has 0 atom stereocenters. The van der Waals surface area contributed by atoms with Crippen molar-refractivity contribution in [3.63, 3.8) is 0 Å². The first-order chi connectivity index (χ1) is 10.2. The van der Waals surface area contributed by atoms with Crippen molar-refractivity contribution in [1.29, 1.82) is 0 Å². The predicted octanol–water partition coefficient (Wildman–Crippen LogP) is 4.51. The van der Waals surface area contributed by atoms with E-state index >= 15 is 0 Å². The molecule has 0 amide bonds. The van der Waals surface area contributed by atoms with Gasteiger partial charge < -0.3 is 14.8 Å². The van der Waals surface area contributed by atoms with Gasteiger partial charge in [0.1, 0.15) is 0 Å². The van der Waals surface area contributed by atoms with Gasteiger partial charge in [-0.3, -0.25) is 0 Å². The number of nitrogens with one attached hydrogen (secondary N) is 1. The van der Waals surface area contributed by atoms with Gasteiger partial charge in [0, 0.05) is 24.4 Å². The third-order valence-corrected chi connectivity index (χ3v) is 4.63. The molecule has 1 aliphatic heterocycles. The zero-order valence-electron chi connectivity index (χ0n) is 11.3. The molecule has 21 heavy (non-hydrogen) atoms. The predicted molar refractivity (Wildman–Crippen MR) is 86.9 cm³/mol. The second-order valence-corrected chi connectivity index (χ2v) is 6.97. The summed E-state index contributed by atoms with van der Waals surface area (Å²) in [6, 6.07) is 7.85. The summed E-state index contributed by atoms with van der Waals surface area (Å²) >= 11 is 13.8. The minimum Gasteiger partial charge on any atom is -0.489 e. The summed E-state index contributed by atoms with van der Waals surface area (Å²) in [4.78, 5) is 1.21. The molecule has 0 bridgehead atoms. The maximum Gasteiger partial charge on any atom is 0.179 e. The normalized spacial score (nSPS) is 14.0. The second kappa shape index (κ2) is 6.88. The van der Waals surface area contributed by atoms with Crippen LogP contribution in [-0.2, 0) is 13.1 Å². The van der Waals surface area contributed by atoms with Crippen LogP contribution in [0.25, 0.3) is 0 Å². The van der Waals surface area contributed by atoms with Crippen molar-refractivity contribution in [2.45, 2.75) is 19.5 Å². The highest BCUT2D eigenvalue weighted by Crippen LogP contribution is 2.38. The standard InChI is InChI=1S/C15H15Cl2NO2S/c16-12-6-10(7-13-15(12)20-5-1-4-19-13)8-18-9-11-2-3-14(17)21-11/h2-3,6-7,18H,1,4-5,8-9H2. The molecule has 3 nitrogen and oxygen atoms in total. The Morgan fingerprint density at radius 1 is 1.10 bits per heavy atom. The Bertz CT molecular complexity index is 630. The summed E-state index contributed by atoms with van der Waals surface area (Å²) in [5.41, 5.74) is 1.08. The Balaban J connectivity index is 1.65. The molecule has 1 aromatic heterocycles. The molecule has 2 heterocycles. The molecule has 112 valence electrons. The summed E-state index contributed by atoms with van der Waals surface area (Å²) < 4.78 is 12.1. The first-order valence-electron chi connectivity index (χ1n) is 6.75. The molecular formula is C15H15Cl2NO2S. The minimum atomic E-state index is 0.602. The smallest absolute Gasteiger partial charge is 0.179 e. The lowest BCUT2D eigenvalue weighted by molar-refractivity contribution is 0.297. The van der Waals surface area contributed by atoms with Crippen molar-refractivity contribution >= 4 is 34.5 Å². The average Bonchev–Trinajstić information content (AvgIpc) is 2.73. The highest BCUT2D eigenvalue weighted by atomic mass is 35.5. The van der Waals surface area contributed by atoms with E-state index in [2.05, 4.69) is 5.32 Å². The van der Waals surface area contributed by atoms with Gasteiger partial charge in [0.25, 0.3) is 0 Å². The molecule has 1 aliphatic rings. The number of rotatable bonds is 4. The van der Waals surface area contributed by atoms with Crippen LogP contribution in [-0.4, -0.2) is 13.2 Å². The zero-order valence-corrected chi connectivity index (χ0v) is 13.7. The molecule has 6 heteroatoms. The Hall–Kier alpha value is -0.940. The monoisotopic (exact) mass is 343 g/mol. The lowest BCUT2D eigenvalue weighted by atomic mass is 10.2. The van der Waals surface area contributed by atoms with E-state index in [9.17, 15) is 0 Å². The van der Waals surface area contributed by atoms with Crippen molar-refractivity contribution in [2.75, 3.05) is 13.2 Å². The first kappa shape index (κ1) is 15.0. The van der Waals surface area contributed by atoms with E-state index in [0.29, 0.717) is 30.5 Å². The maximum atomic E-state index is 6.27. The Morgan fingerprint density at radius 3 is 2.76 bits per heavy atom. The minimum absolute atomic E-state index is 0.602. The largest absolute Gasteiger partial charge is 0.489 e. The number of hydrogen-bond donors (Lipinski definition) is 1. The third kappa shape index (κ3) is 3.83. The quantitative estimate of drug-likeness (QED) is 0.885. The van der Waals surface area contributed by atoms with Gasteiger partial charge in [-0.05, 0) is 29.8 Å². The number of fused-ring (bicyclic) bond motifs is 1. The van der Waals surface area contributed by atoms with Gasteiger partial charge in [-0.1, -0.05) is 23.2 Å². The number of halogens is 2. The fourth-order valence-corrected chi connectivity index (χ4v) is 3.51. The molecule has 0 unspecified atom stereocenters. The highest BCUT2D eigenvalue weighted by molar-refractivity contribution is 7.16. The molecular weight excluding hydrogens is 329 g/mol. The van der Waals surface area contributed by atoms with Gasteiger partial charge in [-0.25, -0.2) is 0 Å². The molecule has 0 fully saturated rings. The molecule has 0 radical (unpaired) electrons. The summed E-state index contributed by atoms with van der Waals surface area (Å²) in [5.74, 6) is 1.39. The van der Waals surface area contributed by atoms with Crippen LogP contribution in [0.2, 0.25) is 9.36 Å². The molecule has 0 spiro atoms. The summed E-state index contributed by atoms with van der Waals surface area (Å²) in [7, 11) is 0. The van der Waals surface area contributed by atoms with Gasteiger partial charge in [0.2, 0.25) is 0 Å². The van der Waals surface area contributed by atoms with Crippen molar-refractivity contribution in [3.05, 3.63) is 44.1 Å². The van der Waals surface area contributed by atoms with E-state index in [1.807, 2.05) is 24.3 Å². The van der Waals surface area contributed by atoms with Crippen LogP contribution in [0.5, 0.6) is 11.5 Å². The molecule has 2 aromatic rings. The second-order valence-electron chi connectivity index (χ2n) is 4.76. The maximum absolute atomic E-state index is 6.27. The Kier molecular flexibility index (Phi) is 4.91. The van der Waals surface area contributed by atoms with Crippen LogP contribution >= 0.6 is 34.5 Å². The molecule has 0 saturated heterocycles. The molecule has 0 saturated carbocycles. The van der Waals surface area contributed by atoms with Crippen molar-refractivity contribution < 1.29 is 9.47 Å². The van der Waals surface area contributed by atoms with Crippen molar-refractivity contribution in [2.24, 2.45) is 0 Å². The van der Waals surface area contributed by atoms with Crippen LogP contribution in [0.15, 0.2) is 24.3 Å². The number of hydrogen-bond acceptors (Lipinski definition) is 4. The Labute approximate surface area is 137 Å². The van der Waals surface area contributed by atoms with Gasteiger partial charge in [0.15, 0.2) is 11.5 Å². The third-order valence-electron chi connectivity index (χ3n) is 3.12. The van der Waals surface area contributed by atoms with Crippen LogP contribution in [0.3, 0.4) is 0 Å².